The summed E-state index contributed by atoms with van der Waals surface area (Å²) in [5, 5.41) is 0. The molecular weight excluding hydrogens is 338 g/mol. The first-order chi connectivity index (χ1) is 13.8. The molecule has 1 nitrogen and oxygen atoms in total. The van der Waals surface area contributed by atoms with Crippen LogP contribution < -0.4 is 5.73 Å². The molecule has 0 unspecified atom stereocenters. The van der Waals surface area contributed by atoms with Crippen LogP contribution in [0.2, 0.25) is 0 Å². The normalized spacial score (nSPS) is 13.7. The molecule has 1 aliphatic rings. The number of rotatable bonds is 4. The number of hydrogen-bond donors (Lipinski definition) is 1. The van der Waals surface area contributed by atoms with Crippen molar-refractivity contribution in [2.45, 2.75) is 18.3 Å². The fourth-order valence-electron chi connectivity index (χ4n) is 4.92. The largest absolute Gasteiger partial charge is 0.398 e. The average molecular weight is 361 g/mol. The van der Waals surface area contributed by atoms with E-state index < -0.39 is 0 Å². The second kappa shape index (κ2) is 6.69. The molecule has 0 aliphatic heterocycles. The number of hydrogen-bond acceptors (Lipinski definition) is 1. The topological polar surface area (TPSA) is 26.0 Å². The first kappa shape index (κ1) is 16.8. The summed E-state index contributed by atoms with van der Waals surface area (Å²) in [7, 11) is 0. The van der Waals surface area contributed by atoms with E-state index in [4.69, 9.17) is 5.73 Å². The maximum Gasteiger partial charge on any atom is 0.0362 e. The highest BCUT2D eigenvalue weighted by Gasteiger charge is 2.44. The Bertz CT molecular complexity index is 1070. The van der Waals surface area contributed by atoms with Gasteiger partial charge in [-0.25, -0.2) is 0 Å². The van der Waals surface area contributed by atoms with E-state index >= 15 is 0 Å². The van der Waals surface area contributed by atoms with Crippen molar-refractivity contribution in [1.82, 2.24) is 0 Å². The van der Waals surface area contributed by atoms with E-state index in [1.807, 2.05) is 0 Å². The quantitative estimate of drug-likeness (QED) is 0.442. The van der Waals surface area contributed by atoms with Gasteiger partial charge in [0.25, 0.3) is 0 Å². The van der Waals surface area contributed by atoms with E-state index in [-0.39, 0.29) is 5.41 Å². The van der Waals surface area contributed by atoms with Crippen LogP contribution in [0.3, 0.4) is 0 Å². The molecule has 1 aliphatic carbocycles. The van der Waals surface area contributed by atoms with Gasteiger partial charge in [-0.2, -0.15) is 0 Å². The molecule has 28 heavy (non-hydrogen) atoms. The average Bonchev–Trinajstić information content (AvgIpc) is 3.01. The van der Waals surface area contributed by atoms with Crippen molar-refractivity contribution in [3.63, 3.8) is 0 Å². The highest BCUT2D eigenvalue weighted by Crippen LogP contribution is 2.54. The van der Waals surface area contributed by atoms with Crippen molar-refractivity contribution < 1.29 is 0 Å². The first-order valence-electron chi connectivity index (χ1n) is 9.85. The van der Waals surface area contributed by atoms with E-state index in [0.29, 0.717) is 0 Å². The van der Waals surface area contributed by atoms with Gasteiger partial charge in [0.1, 0.15) is 0 Å². The van der Waals surface area contributed by atoms with E-state index in [9.17, 15) is 0 Å². The van der Waals surface area contributed by atoms with Crippen LogP contribution in [0.1, 0.15) is 22.3 Å². The van der Waals surface area contributed by atoms with E-state index in [2.05, 4.69) is 103 Å². The number of fused-ring (bicyclic) bond motifs is 3. The lowest BCUT2D eigenvalue weighted by atomic mass is 9.69. The first-order valence-corrected chi connectivity index (χ1v) is 9.85. The van der Waals surface area contributed by atoms with Crippen LogP contribution in [0.25, 0.3) is 11.1 Å². The number of benzene rings is 4. The Morgan fingerprint density at radius 1 is 0.536 bits per heavy atom. The van der Waals surface area contributed by atoms with Crippen LogP contribution in [0, 0.1) is 0 Å². The zero-order chi connectivity index (χ0) is 19.0. The third-order valence-electron chi connectivity index (χ3n) is 6.01. The molecule has 136 valence electrons. The summed E-state index contributed by atoms with van der Waals surface area (Å²) in [6.07, 6.45) is 1.86. The lowest BCUT2D eigenvalue weighted by Gasteiger charge is -2.33. The second-order valence-corrected chi connectivity index (χ2v) is 7.72. The Morgan fingerprint density at radius 3 is 1.71 bits per heavy atom. The zero-order valence-electron chi connectivity index (χ0n) is 15.8. The van der Waals surface area contributed by atoms with Crippen LogP contribution in [0.15, 0.2) is 103 Å². The fourth-order valence-corrected chi connectivity index (χ4v) is 4.92. The summed E-state index contributed by atoms with van der Waals surface area (Å²) in [5.41, 5.74) is 15.3. The zero-order valence-corrected chi connectivity index (χ0v) is 15.8. The Morgan fingerprint density at radius 2 is 1.07 bits per heavy atom. The molecule has 0 spiro atoms. The molecule has 0 saturated carbocycles. The SMILES string of the molecule is Nc1cccc2c1C(Cc1ccccc1)(Cc1ccccc1)c1ccccc1-2. The molecule has 4 aromatic carbocycles. The molecule has 0 saturated heterocycles. The monoisotopic (exact) mass is 361 g/mol. The molecule has 0 bridgehead atoms. The van der Waals surface area contributed by atoms with Crippen molar-refractivity contribution in [2.24, 2.45) is 0 Å². The van der Waals surface area contributed by atoms with E-state index in [0.717, 1.165) is 18.5 Å². The number of nitrogen functional groups attached to an aromatic ring is 1. The minimum atomic E-state index is -0.167. The van der Waals surface area contributed by atoms with Gasteiger partial charge in [0.2, 0.25) is 0 Å². The summed E-state index contributed by atoms with van der Waals surface area (Å²) < 4.78 is 0. The third kappa shape index (κ3) is 2.63. The predicted molar refractivity (Wildman–Crippen MR) is 117 cm³/mol. The molecule has 1 heteroatoms. The molecule has 0 atom stereocenters. The van der Waals surface area contributed by atoms with Gasteiger partial charge >= 0.3 is 0 Å². The minimum Gasteiger partial charge on any atom is -0.398 e. The second-order valence-electron chi connectivity index (χ2n) is 7.72. The van der Waals surface area contributed by atoms with Gasteiger partial charge in [-0.3, -0.25) is 0 Å². The van der Waals surface area contributed by atoms with Gasteiger partial charge in [0.05, 0.1) is 0 Å². The van der Waals surface area contributed by atoms with Gasteiger partial charge < -0.3 is 5.73 Å². The molecule has 5 rings (SSSR count). The molecule has 0 radical (unpaired) electrons. The molecular formula is C27H23N. The van der Waals surface area contributed by atoms with Crippen molar-refractivity contribution in [3.8, 4) is 11.1 Å². The molecule has 0 fully saturated rings. The summed E-state index contributed by atoms with van der Waals surface area (Å²) in [4.78, 5) is 0. The number of nitrogens with two attached hydrogens (primary N) is 1. The predicted octanol–water partition coefficient (Wildman–Crippen LogP) is 6.02. The van der Waals surface area contributed by atoms with E-state index in [1.165, 1.54) is 33.4 Å². The maximum atomic E-state index is 6.63. The van der Waals surface area contributed by atoms with Gasteiger partial charge in [0, 0.05) is 11.1 Å². The highest BCUT2D eigenvalue weighted by molar-refractivity contribution is 5.86. The molecule has 4 aromatic rings. The van der Waals surface area contributed by atoms with Crippen LogP contribution in [-0.2, 0) is 18.3 Å². The van der Waals surface area contributed by atoms with Gasteiger partial charge in [-0.15, -0.1) is 0 Å². The summed E-state index contributed by atoms with van der Waals surface area (Å²) in [6, 6.07) is 36.8. The minimum absolute atomic E-state index is 0.167. The lowest BCUT2D eigenvalue weighted by molar-refractivity contribution is 0.521. The van der Waals surface area contributed by atoms with Crippen LogP contribution in [0.4, 0.5) is 5.69 Å². The Hall–Kier alpha value is -3.32. The van der Waals surface area contributed by atoms with Gasteiger partial charge in [-0.1, -0.05) is 97.1 Å². The van der Waals surface area contributed by atoms with Crippen molar-refractivity contribution in [3.05, 3.63) is 125 Å². The molecule has 0 amide bonds. The highest BCUT2D eigenvalue weighted by atomic mass is 14.6. The van der Waals surface area contributed by atoms with Gasteiger partial charge in [-0.05, 0) is 52.3 Å². The van der Waals surface area contributed by atoms with Crippen LogP contribution >= 0.6 is 0 Å². The standard InChI is InChI=1S/C27H23N/c28-25-17-9-15-23-22-14-7-8-16-24(22)27(26(23)25,18-20-10-3-1-4-11-20)19-21-12-5-2-6-13-21/h1-17H,18-19,28H2. The lowest BCUT2D eigenvalue weighted by Crippen LogP contribution is -2.32. The number of anilines is 1. The smallest absolute Gasteiger partial charge is 0.0362 e. The van der Waals surface area contributed by atoms with E-state index in [1.54, 1.807) is 0 Å². The van der Waals surface area contributed by atoms with Crippen molar-refractivity contribution in [1.29, 1.82) is 0 Å². The van der Waals surface area contributed by atoms with Gasteiger partial charge in [0.15, 0.2) is 0 Å². The van der Waals surface area contributed by atoms with Crippen molar-refractivity contribution >= 4 is 5.69 Å². The Balaban J connectivity index is 1.78. The van der Waals surface area contributed by atoms with Crippen LogP contribution in [-0.4, -0.2) is 0 Å². The van der Waals surface area contributed by atoms with Crippen molar-refractivity contribution in [2.75, 3.05) is 5.73 Å². The maximum absolute atomic E-state index is 6.63. The fraction of sp³-hybridized carbons (Fsp3) is 0.111. The Labute approximate surface area is 166 Å². The summed E-state index contributed by atoms with van der Waals surface area (Å²) in [5.74, 6) is 0. The van der Waals surface area contributed by atoms with Crippen LogP contribution in [0.5, 0.6) is 0 Å². The summed E-state index contributed by atoms with van der Waals surface area (Å²) in [6.45, 7) is 0. The summed E-state index contributed by atoms with van der Waals surface area (Å²) >= 11 is 0. The molecule has 0 aromatic heterocycles. The third-order valence-corrected chi connectivity index (χ3v) is 6.01. The molecule has 2 N–H and O–H groups in total. The Kier molecular flexibility index (Phi) is 4.02. The molecule has 0 heterocycles.